The molecule has 0 atom stereocenters. The summed E-state index contributed by atoms with van der Waals surface area (Å²) in [6.45, 7) is 0. The predicted octanol–water partition coefficient (Wildman–Crippen LogP) is 3.47. The molecule has 8 heteroatoms. The zero-order valence-corrected chi connectivity index (χ0v) is 13.6. The molecule has 2 aromatic rings. The molecule has 4 nitrogen and oxygen atoms in total. The molecule has 20 heavy (non-hydrogen) atoms. The molecule has 2 aromatic carbocycles. The number of sulfonamides is 1. The van der Waals surface area contributed by atoms with Crippen molar-refractivity contribution in [2.75, 3.05) is 10.5 Å². The molecule has 0 aliphatic rings. The summed E-state index contributed by atoms with van der Waals surface area (Å²) in [4.78, 5) is -0.582. The highest BCUT2D eigenvalue weighted by molar-refractivity contribution is 14.1. The lowest BCUT2D eigenvalue weighted by molar-refractivity contribution is 0.573. The van der Waals surface area contributed by atoms with Gasteiger partial charge in [0.2, 0.25) is 0 Å². The maximum Gasteiger partial charge on any atom is 0.264 e. The van der Waals surface area contributed by atoms with Crippen molar-refractivity contribution in [3.63, 3.8) is 0 Å². The summed E-state index contributed by atoms with van der Waals surface area (Å²) in [5, 5.41) is 0.0480. The first-order valence-corrected chi connectivity index (χ1v) is 8.26. The molecule has 0 aliphatic heterocycles. The second-order valence-electron chi connectivity index (χ2n) is 3.92. The molecule has 0 saturated carbocycles. The zero-order valence-electron chi connectivity index (χ0n) is 9.90. The van der Waals surface area contributed by atoms with E-state index in [1.807, 2.05) is 0 Å². The molecule has 0 bridgehead atoms. The Balaban J connectivity index is 2.43. The van der Waals surface area contributed by atoms with Gasteiger partial charge < -0.3 is 5.73 Å². The lowest BCUT2D eigenvalue weighted by atomic mass is 10.3. The van der Waals surface area contributed by atoms with Gasteiger partial charge in [-0.1, -0.05) is 11.6 Å². The summed E-state index contributed by atoms with van der Waals surface area (Å²) in [7, 11) is -4.09. The van der Waals surface area contributed by atoms with Crippen LogP contribution in [0.2, 0.25) is 5.02 Å². The Kier molecular flexibility index (Phi) is 4.40. The van der Waals surface area contributed by atoms with Gasteiger partial charge in [0, 0.05) is 14.3 Å². The fourth-order valence-corrected chi connectivity index (χ4v) is 3.35. The van der Waals surface area contributed by atoms with E-state index < -0.39 is 20.7 Å². The van der Waals surface area contributed by atoms with Crippen LogP contribution in [0.25, 0.3) is 0 Å². The Bertz CT molecular complexity index is 751. The molecule has 106 valence electrons. The Labute approximate surface area is 134 Å². The van der Waals surface area contributed by atoms with Gasteiger partial charge in [-0.25, -0.2) is 12.8 Å². The maximum absolute atomic E-state index is 13.8. The van der Waals surface area contributed by atoms with Crippen molar-refractivity contribution in [2.24, 2.45) is 0 Å². The van der Waals surface area contributed by atoms with Gasteiger partial charge in [0.05, 0.1) is 5.69 Å². The van der Waals surface area contributed by atoms with Crippen LogP contribution in [-0.4, -0.2) is 8.42 Å². The first-order chi connectivity index (χ1) is 9.29. The van der Waals surface area contributed by atoms with Crippen LogP contribution in [0.15, 0.2) is 41.3 Å². The van der Waals surface area contributed by atoms with Gasteiger partial charge in [0.15, 0.2) is 5.82 Å². The smallest absolute Gasteiger partial charge is 0.264 e. The van der Waals surface area contributed by atoms with E-state index in [0.717, 1.165) is 15.7 Å². The summed E-state index contributed by atoms with van der Waals surface area (Å²) in [6.07, 6.45) is 0. The molecule has 0 saturated heterocycles. The number of nitrogens with one attached hydrogen (secondary N) is 1. The molecule has 0 aliphatic carbocycles. The number of rotatable bonds is 3. The lowest BCUT2D eigenvalue weighted by Gasteiger charge is -2.10. The molecule has 0 amide bonds. The first kappa shape index (κ1) is 15.3. The van der Waals surface area contributed by atoms with Crippen molar-refractivity contribution >= 4 is 55.6 Å². The van der Waals surface area contributed by atoms with Crippen LogP contribution in [0.3, 0.4) is 0 Å². The van der Waals surface area contributed by atoms with Crippen LogP contribution in [-0.2, 0) is 10.0 Å². The molecule has 0 unspecified atom stereocenters. The van der Waals surface area contributed by atoms with Crippen LogP contribution >= 0.6 is 34.2 Å². The van der Waals surface area contributed by atoms with Crippen molar-refractivity contribution in [1.82, 2.24) is 0 Å². The van der Waals surface area contributed by atoms with Gasteiger partial charge in [-0.2, -0.15) is 0 Å². The molecule has 0 aromatic heterocycles. The average molecular weight is 427 g/mol. The second-order valence-corrected chi connectivity index (χ2v) is 7.25. The van der Waals surface area contributed by atoms with Gasteiger partial charge in [-0.3, -0.25) is 4.72 Å². The SMILES string of the molecule is Nc1cc(Cl)cc(S(=O)(=O)Nc2ccc(I)cc2)c1F. The largest absolute Gasteiger partial charge is 0.396 e. The molecular formula is C12H9ClFIN2O2S. The van der Waals surface area contributed by atoms with Crippen molar-refractivity contribution in [3.8, 4) is 0 Å². The predicted molar refractivity (Wildman–Crippen MR) is 85.8 cm³/mol. The molecule has 2 rings (SSSR count). The summed E-state index contributed by atoms with van der Waals surface area (Å²) in [6, 6.07) is 8.77. The van der Waals surface area contributed by atoms with E-state index in [9.17, 15) is 12.8 Å². The van der Waals surface area contributed by atoms with Crippen LogP contribution < -0.4 is 10.5 Å². The molecule has 0 spiro atoms. The first-order valence-electron chi connectivity index (χ1n) is 5.32. The number of nitrogens with two attached hydrogens (primary N) is 1. The van der Waals surface area contributed by atoms with Crippen LogP contribution in [0.4, 0.5) is 15.8 Å². The van der Waals surface area contributed by atoms with Crippen molar-refractivity contribution < 1.29 is 12.8 Å². The Morgan fingerprint density at radius 3 is 2.40 bits per heavy atom. The van der Waals surface area contributed by atoms with Crippen molar-refractivity contribution in [2.45, 2.75) is 4.90 Å². The lowest BCUT2D eigenvalue weighted by Crippen LogP contribution is -2.15. The van der Waals surface area contributed by atoms with Crippen molar-refractivity contribution in [1.29, 1.82) is 0 Å². The molecule has 3 N–H and O–H groups in total. The number of hydrogen-bond donors (Lipinski definition) is 2. The highest BCUT2D eigenvalue weighted by atomic mass is 127. The standard InChI is InChI=1S/C12H9ClFIN2O2S/c13-7-5-10(16)12(14)11(6-7)20(18,19)17-9-3-1-8(15)2-4-9/h1-6,17H,16H2. The number of nitrogen functional groups attached to an aromatic ring is 1. The highest BCUT2D eigenvalue weighted by Gasteiger charge is 2.22. The second kappa shape index (κ2) is 5.74. The molecule has 0 heterocycles. The normalized spacial score (nSPS) is 11.3. The topological polar surface area (TPSA) is 72.2 Å². The van der Waals surface area contributed by atoms with Gasteiger partial charge in [0.1, 0.15) is 4.90 Å². The van der Waals surface area contributed by atoms with Crippen molar-refractivity contribution in [3.05, 3.63) is 50.8 Å². The minimum Gasteiger partial charge on any atom is -0.396 e. The van der Waals surface area contributed by atoms with Gasteiger partial charge in [-0.05, 0) is 59.0 Å². The minimum absolute atomic E-state index is 0.0480. The molecular weight excluding hydrogens is 418 g/mol. The Morgan fingerprint density at radius 1 is 1.20 bits per heavy atom. The van der Waals surface area contributed by atoms with Gasteiger partial charge >= 0.3 is 0 Å². The Hall–Kier alpha value is -1.06. The van der Waals surface area contributed by atoms with Crippen LogP contribution in [0.1, 0.15) is 0 Å². The number of hydrogen-bond acceptors (Lipinski definition) is 3. The highest BCUT2D eigenvalue weighted by Crippen LogP contribution is 2.27. The minimum atomic E-state index is -4.09. The van der Waals surface area contributed by atoms with Crippen LogP contribution in [0.5, 0.6) is 0 Å². The fraction of sp³-hybridized carbons (Fsp3) is 0. The van der Waals surface area contributed by atoms with E-state index in [1.54, 1.807) is 24.3 Å². The van der Waals surface area contributed by atoms with Gasteiger partial charge in [-0.15, -0.1) is 0 Å². The van der Waals surface area contributed by atoms with E-state index in [4.69, 9.17) is 17.3 Å². The van der Waals surface area contributed by atoms with Gasteiger partial charge in [0.25, 0.3) is 10.0 Å². The number of halogens is 3. The number of anilines is 2. The third kappa shape index (κ3) is 3.33. The quantitative estimate of drug-likeness (QED) is 0.583. The third-order valence-electron chi connectivity index (χ3n) is 2.42. The van der Waals surface area contributed by atoms with E-state index in [-0.39, 0.29) is 10.7 Å². The van der Waals surface area contributed by atoms with Crippen LogP contribution in [0, 0.1) is 9.39 Å². The summed E-state index contributed by atoms with van der Waals surface area (Å²) < 4.78 is 41.3. The van der Waals surface area contributed by atoms with E-state index in [2.05, 4.69) is 27.3 Å². The zero-order chi connectivity index (χ0) is 14.9. The average Bonchev–Trinajstić information content (AvgIpc) is 2.36. The fourth-order valence-electron chi connectivity index (χ4n) is 1.51. The third-order valence-corrected chi connectivity index (χ3v) is 4.74. The maximum atomic E-state index is 13.8. The molecule has 0 fully saturated rings. The monoisotopic (exact) mass is 426 g/mol. The summed E-state index contributed by atoms with van der Waals surface area (Å²) in [5.74, 6) is -1.02. The molecule has 0 radical (unpaired) electrons. The summed E-state index contributed by atoms with van der Waals surface area (Å²) in [5.41, 5.74) is 5.38. The summed E-state index contributed by atoms with van der Waals surface area (Å²) >= 11 is 7.80. The number of benzene rings is 2. The van der Waals surface area contributed by atoms with E-state index >= 15 is 0 Å². The van der Waals surface area contributed by atoms with E-state index in [0.29, 0.717) is 5.69 Å². The Morgan fingerprint density at radius 2 is 1.80 bits per heavy atom. The van der Waals surface area contributed by atoms with E-state index in [1.165, 1.54) is 0 Å².